The third-order valence-electron chi connectivity index (χ3n) is 3.97. The van der Waals surface area contributed by atoms with E-state index in [4.69, 9.17) is 0 Å². The summed E-state index contributed by atoms with van der Waals surface area (Å²) >= 11 is 0. The molecule has 0 aliphatic heterocycles. The van der Waals surface area contributed by atoms with Gasteiger partial charge in [0.25, 0.3) is 0 Å². The molecule has 0 amide bonds. The van der Waals surface area contributed by atoms with Crippen LogP contribution in [0.15, 0.2) is 109 Å². The van der Waals surface area contributed by atoms with Gasteiger partial charge in [-0.25, -0.2) is 24.3 Å². The maximum Gasteiger partial charge on any atom is 2.00 e. The Morgan fingerprint density at radius 1 is 0.480 bits per heavy atom. The van der Waals surface area contributed by atoms with Gasteiger partial charge in [-0.2, -0.15) is 35.4 Å². The summed E-state index contributed by atoms with van der Waals surface area (Å²) in [6, 6.07) is 38.0. The molecule has 0 atom stereocenters. The molecule has 0 nitrogen and oxygen atoms in total. The molecule has 0 spiro atoms. The second kappa shape index (κ2) is 10.8. The average Bonchev–Trinajstić information content (AvgIpc) is 3.32. The van der Waals surface area contributed by atoms with Crippen molar-refractivity contribution in [3.63, 3.8) is 0 Å². The summed E-state index contributed by atoms with van der Waals surface area (Å²) in [6.45, 7) is 0. The average molecular weight is 402 g/mol. The molecule has 0 radical (unpaired) electrons. The minimum atomic E-state index is 0. The first kappa shape index (κ1) is 19.3. The topological polar surface area (TPSA) is 0 Å². The van der Waals surface area contributed by atoms with Crippen molar-refractivity contribution in [3.05, 3.63) is 131 Å². The van der Waals surface area contributed by atoms with Crippen molar-refractivity contribution in [2.45, 2.75) is 12.8 Å². The summed E-state index contributed by atoms with van der Waals surface area (Å²) in [4.78, 5) is 0. The van der Waals surface area contributed by atoms with Crippen molar-refractivity contribution in [1.29, 1.82) is 0 Å². The SMILES string of the molecule is [Zr+2].c1ccc(Cc2ccc[cH-]2)cc1.c1ccc(Cc2ccc[cH-]2)cc1. The monoisotopic (exact) mass is 400 g/mol. The van der Waals surface area contributed by atoms with Crippen LogP contribution in [0, 0.1) is 0 Å². The summed E-state index contributed by atoms with van der Waals surface area (Å²) in [5.74, 6) is 0. The normalized spacial score (nSPS) is 9.60. The van der Waals surface area contributed by atoms with Gasteiger partial charge in [0.15, 0.2) is 0 Å². The Hall–Kier alpha value is -1.98. The fourth-order valence-corrected chi connectivity index (χ4v) is 2.73. The predicted molar refractivity (Wildman–Crippen MR) is 103 cm³/mol. The van der Waals surface area contributed by atoms with E-state index in [0.29, 0.717) is 0 Å². The van der Waals surface area contributed by atoms with E-state index in [9.17, 15) is 0 Å². The Morgan fingerprint density at radius 2 is 0.880 bits per heavy atom. The molecule has 1 heteroatoms. The first-order valence-electron chi connectivity index (χ1n) is 8.39. The van der Waals surface area contributed by atoms with Crippen LogP contribution in [0.4, 0.5) is 0 Å². The van der Waals surface area contributed by atoms with E-state index < -0.39 is 0 Å². The smallest absolute Gasteiger partial charge is 0.213 e. The molecule has 0 fully saturated rings. The van der Waals surface area contributed by atoms with E-state index in [2.05, 4.69) is 109 Å². The second-order valence-corrected chi connectivity index (χ2v) is 5.91. The molecule has 0 aliphatic carbocycles. The van der Waals surface area contributed by atoms with Crippen LogP contribution in [0.5, 0.6) is 0 Å². The summed E-state index contributed by atoms with van der Waals surface area (Å²) in [6.07, 6.45) is 2.10. The molecule has 122 valence electrons. The Kier molecular flexibility index (Phi) is 8.36. The molecule has 0 unspecified atom stereocenters. The first-order valence-corrected chi connectivity index (χ1v) is 8.39. The van der Waals surface area contributed by atoms with Crippen molar-refractivity contribution in [2.75, 3.05) is 0 Å². The molecule has 0 saturated carbocycles. The molecule has 4 rings (SSSR count). The molecule has 4 aromatic carbocycles. The Bertz CT molecular complexity index is 710. The van der Waals surface area contributed by atoms with Crippen LogP contribution >= 0.6 is 0 Å². The van der Waals surface area contributed by atoms with Gasteiger partial charge in [-0.1, -0.05) is 60.7 Å². The van der Waals surface area contributed by atoms with Crippen molar-refractivity contribution in [2.24, 2.45) is 0 Å². The Morgan fingerprint density at radius 3 is 1.20 bits per heavy atom. The predicted octanol–water partition coefficient (Wildman–Crippen LogP) is 5.99. The molecule has 25 heavy (non-hydrogen) atoms. The van der Waals surface area contributed by atoms with Crippen LogP contribution in [0.3, 0.4) is 0 Å². The van der Waals surface area contributed by atoms with Crippen molar-refractivity contribution >= 4 is 0 Å². The molecule has 4 aromatic rings. The van der Waals surface area contributed by atoms with Gasteiger partial charge < -0.3 is 0 Å². The third kappa shape index (κ3) is 6.80. The van der Waals surface area contributed by atoms with Crippen LogP contribution in [0.2, 0.25) is 0 Å². The quantitative estimate of drug-likeness (QED) is 0.368. The van der Waals surface area contributed by atoms with E-state index in [0.717, 1.165) is 12.8 Å². The fourth-order valence-electron chi connectivity index (χ4n) is 2.73. The Labute approximate surface area is 170 Å². The molecule has 0 aliphatic rings. The fraction of sp³-hybridized carbons (Fsp3) is 0.0833. The summed E-state index contributed by atoms with van der Waals surface area (Å²) in [7, 11) is 0. The van der Waals surface area contributed by atoms with Gasteiger partial charge in [0.05, 0.1) is 0 Å². The van der Waals surface area contributed by atoms with Crippen LogP contribution in [-0.4, -0.2) is 0 Å². The van der Waals surface area contributed by atoms with Crippen molar-refractivity contribution in [3.8, 4) is 0 Å². The first-order chi connectivity index (χ1) is 11.9. The third-order valence-corrected chi connectivity index (χ3v) is 3.97. The standard InChI is InChI=1S/2C12H11.Zr/c2*1-2-6-11(7-3-1)10-12-8-4-5-9-12;/h2*1-9H,10H2;/q2*-1;+2. The zero-order chi connectivity index (χ0) is 16.5. The molecular formula is C24H22Zr. The molecular weight excluding hydrogens is 379 g/mol. The van der Waals surface area contributed by atoms with Crippen molar-refractivity contribution in [1.82, 2.24) is 0 Å². The molecule has 0 N–H and O–H groups in total. The number of benzene rings is 2. The molecule has 0 aromatic heterocycles. The molecule has 0 heterocycles. The number of rotatable bonds is 4. The van der Waals surface area contributed by atoms with Crippen LogP contribution in [0.1, 0.15) is 22.3 Å². The van der Waals surface area contributed by atoms with Crippen molar-refractivity contribution < 1.29 is 26.2 Å². The minimum absolute atomic E-state index is 0. The van der Waals surface area contributed by atoms with E-state index in [1.807, 2.05) is 0 Å². The van der Waals surface area contributed by atoms with E-state index in [1.165, 1.54) is 22.3 Å². The summed E-state index contributed by atoms with van der Waals surface area (Å²) in [5, 5.41) is 0. The molecule has 0 bridgehead atoms. The largest absolute Gasteiger partial charge is 2.00 e. The zero-order valence-corrected chi connectivity index (χ0v) is 16.8. The van der Waals surface area contributed by atoms with Crippen LogP contribution in [-0.2, 0) is 39.0 Å². The Balaban J connectivity index is 0.000000173. The van der Waals surface area contributed by atoms with Crippen LogP contribution < -0.4 is 0 Å². The maximum atomic E-state index is 2.16. The summed E-state index contributed by atoms with van der Waals surface area (Å²) < 4.78 is 0. The van der Waals surface area contributed by atoms with E-state index in [-0.39, 0.29) is 26.2 Å². The van der Waals surface area contributed by atoms with Gasteiger partial charge in [0, 0.05) is 0 Å². The number of hydrogen-bond donors (Lipinski definition) is 0. The molecule has 0 saturated heterocycles. The minimum Gasteiger partial charge on any atom is -0.213 e. The van der Waals surface area contributed by atoms with Gasteiger partial charge in [0.2, 0.25) is 0 Å². The second-order valence-electron chi connectivity index (χ2n) is 5.91. The maximum absolute atomic E-state index is 2.16. The summed E-state index contributed by atoms with van der Waals surface area (Å²) in [5.41, 5.74) is 5.54. The van der Waals surface area contributed by atoms with Crippen LogP contribution in [0.25, 0.3) is 0 Å². The van der Waals surface area contributed by atoms with Gasteiger partial charge in [0.1, 0.15) is 0 Å². The van der Waals surface area contributed by atoms with Gasteiger partial charge >= 0.3 is 26.2 Å². The van der Waals surface area contributed by atoms with Gasteiger partial charge in [-0.15, -0.1) is 0 Å². The van der Waals surface area contributed by atoms with Gasteiger partial charge in [-0.3, -0.25) is 0 Å². The zero-order valence-electron chi connectivity index (χ0n) is 14.3. The van der Waals surface area contributed by atoms with Gasteiger partial charge in [-0.05, 0) is 24.0 Å². The van der Waals surface area contributed by atoms with E-state index >= 15 is 0 Å². The van der Waals surface area contributed by atoms with E-state index in [1.54, 1.807) is 0 Å². The number of hydrogen-bond acceptors (Lipinski definition) is 0.